The third kappa shape index (κ3) is 4.88. The van der Waals surface area contributed by atoms with E-state index >= 15 is 0 Å². The normalized spacial score (nSPS) is 14.3. The molecule has 0 unspecified atom stereocenters. The second kappa shape index (κ2) is 9.67. The number of carbonyl (C=O) groups is 1. The Morgan fingerprint density at radius 2 is 1.79 bits per heavy atom. The van der Waals surface area contributed by atoms with E-state index < -0.39 is 0 Å². The van der Waals surface area contributed by atoms with E-state index in [2.05, 4.69) is 51.2 Å². The number of rotatable bonds is 6. The summed E-state index contributed by atoms with van der Waals surface area (Å²) in [5, 5.41) is 11.1. The molecule has 0 aliphatic heterocycles. The van der Waals surface area contributed by atoms with Crippen LogP contribution in [0.25, 0.3) is 16.9 Å². The van der Waals surface area contributed by atoms with Gasteiger partial charge < -0.3 is 10.6 Å². The number of nitrogens with zero attached hydrogens (tertiary/aromatic N) is 3. The van der Waals surface area contributed by atoms with Crippen molar-refractivity contribution in [2.75, 3.05) is 11.6 Å². The molecule has 1 amide bonds. The molecule has 1 saturated carbocycles. The van der Waals surface area contributed by atoms with Gasteiger partial charge in [0.15, 0.2) is 5.65 Å². The minimum absolute atomic E-state index is 0.00331. The third-order valence-electron chi connectivity index (χ3n) is 6.07. The van der Waals surface area contributed by atoms with Gasteiger partial charge >= 0.3 is 0 Å². The summed E-state index contributed by atoms with van der Waals surface area (Å²) in [6.45, 7) is 0. The highest BCUT2D eigenvalue weighted by Crippen LogP contribution is 2.26. The number of hydrogen-bond donors (Lipinski definition) is 2. The topological polar surface area (TPSA) is 71.3 Å². The van der Waals surface area contributed by atoms with Crippen LogP contribution in [0.4, 0.5) is 11.6 Å². The van der Waals surface area contributed by atoms with Gasteiger partial charge in [0.25, 0.3) is 5.91 Å². The van der Waals surface area contributed by atoms with Crippen LogP contribution < -0.4 is 10.6 Å². The van der Waals surface area contributed by atoms with E-state index in [4.69, 9.17) is 0 Å². The molecule has 2 heterocycles. The van der Waals surface area contributed by atoms with Gasteiger partial charge in [0.1, 0.15) is 0 Å². The molecule has 0 radical (unpaired) electrons. The van der Waals surface area contributed by atoms with E-state index in [0.717, 1.165) is 35.4 Å². The summed E-state index contributed by atoms with van der Waals surface area (Å²) in [5.74, 6) is 0.513. The highest BCUT2D eigenvalue weighted by molar-refractivity contribution is 7.98. The number of nitrogens with one attached hydrogen (secondary N) is 2. The summed E-state index contributed by atoms with van der Waals surface area (Å²) in [6, 6.07) is 22.2. The summed E-state index contributed by atoms with van der Waals surface area (Å²) in [7, 11) is 0. The number of fused-ring (bicyclic) bond motifs is 1. The molecular weight excluding hydrogens is 430 g/mol. The second-order valence-corrected chi connectivity index (χ2v) is 9.24. The molecule has 6 nitrogen and oxygen atoms in total. The van der Waals surface area contributed by atoms with Gasteiger partial charge in [0.2, 0.25) is 5.95 Å². The van der Waals surface area contributed by atoms with E-state index in [1.54, 1.807) is 11.8 Å². The van der Waals surface area contributed by atoms with Gasteiger partial charge in [-0.15, -0.1) is 16.9 Å². The maximum Gasteiger partial charge on any atom is 0.251 e. The molecule has 1 aliphatic carbocycles. The van der Waals surface area contributed by atoms with Crippen molar-refractivity contribution in [3.05, 3.63) is 72.3 Å². The minimum atomic E-state index is -0.00331. The maximum absolute atomic E-state index is 12.6. The van der Waals surface area contributed by atoms with Gasteiger partial charge in [-0.1, -0.05) is 37.5 Å². The van der Waals surface area contributed by atoms with E-state index in [1.165, 1.54) is 24.2 Å². The van der Waals surface area contributed by atoms with Crippen molar-refractivity contribution in [1.82, 2.24) is 19.9 Å². The molecule has 4 aromatic rings. The fourth-order valence-electron chi connectivity index (χ4n) is 4.31. The van der Waals surface area contributed by atoms with Gasteiger partial charge in [0.05, 0.1) is 5.69 Å². The zero-order valence-corrected chi connectivity index (χ0v) is 19.4. The van der Waals surface area contributed by atoms with Crippen LogP contribution in [0.2, 0.25) is 0 Å². The van der Waals surface area contributed by atoms with Crippen molar-refractivity contribution in [2.45, 2.75) is 43.0 Å². The molecule has 168 valence electrons. The standard InChI is InChI=1S/C26H27N5OS/c1-33-22-10-5-7-19(17-22)23-11-6-12-24-29-26(30-31(23)24)28-21-15-13-18(14-16-21)25(32)27-20-8-3-2-4-9-20/h5-7,10-17,20H,2-4,8-9H2,1H3,(H,27,32)(H,28,30). The van der Waals surface area contributed by atoms with Crippen molar-refractivity contribution in [3.63, 3.8) is 0 Å². The summed E-state index contributed by atoms with van der Waals surface area (Å²) in [4.78, 5) is 18.4. The van der Waals surface area contributed by atoms with E-state index in [1.807, 2.05) is 47.0 Å². The molecular formula is C26H27N5OS. The molecule has 1 fully saturated rings. The smallest absolute Gasteiger partial charge is 0.251 e. The average molecular weight is 458 g/mol. The second-order valence-electron chi connectivity index (χ2n) is 8.36. The Morgan fingerprint density at radius 3 is 2.58 bits per heavy atom. The Labute approximate surface area is 197 Å². The molecule has 1 aliphatic rings. The summed E-state index contributed by atoms with van der Waals surface area (Å²) in [6.07, 6.45) is 7.90. The van der Waals surface area contributed by atoms with Crippen molar-refractivity contribution < 1.29 is 4.79 Å². The number of pyridine rings is 1. The number of thioether (sulfide) groups is 1. The lowest BCUT2D eigenvalue weighted by Gasteiger charge is -2.22. The summed E-state index contributed by atoms with van der Waals surface area (Å²) < 4.78 is 1.85. The van der Waals surface area contributed by atoms with Crippen molar-refractivity contribution in [1.29, 1.82) is 0 Å². The highest BCUT2D eigenvalue weighted by atomic mass is 32.2. The predicted molar refractivity (Wildman–Crippen MR) is 134 cm³/mol. The Balaban J connectivity index is 1.32. The Kier molecular flexibility index (Phi) is 6.30. The maximum atomic E-state index is 12.6. The van der Waals surface area contributed by atoms with Crippen LogP contribution in [-0.2, 0) is 0 Å². The Morgan fingerprint density at radius 1 is 1.00 bits per heavy atom. The Hall–Kier alpha value is -3.32. The Bertz CT molecular complexity index is 1260. The lowest BCUT2D eigenvalue weighted by Crippen LogP contribution is -2.36. The quantitative estimate of drug-likeness (QED) is 0.352. The molecule has 33 heavy (non-hydrogen) atoms. The zero-order valence-electron chi connectivity index (χ0n) is 18.6. The van der Waals surface area contributed by atoms with Crippen LogP contribution in [-0.4, -0.2) is 32.8 Å². The fraction of sp³-hybridized carbons (Fsp3) is 0.269. The van der Waals surface area contributed by atoms with Crippen LogP contribution >= 0.6 is 11.8 Å². The SMILES string of the molecule is CSc1cccc(-c2cccc3nc(Nc4ccc(C(=O)NC5CCCCC5)cc4)nn23)c1. The predicted octanol–water partition coefficient (Wildman–Crippen LogP) is 5.92. The van der Waals surface area contributed by atoms with Crippen molar-refractivity contribution in [2.24, 2.45) is 0 Å². The van der Waals surface area contributed by atoms with Crippen LogP contribution in [0.1, 0.15) is 42.5 Å². The molecule has 0 bridgehead atoms. The van der Waals surface area contributed by atoms with E-state index in [0.29, 0.717) is 17.6 Å². The van der Waals surface area contributed by atoms with Gasteiger partial charge in [0, 0.05) is 27.8 Å². The minimum Gasteiger partial charge on any atom is -0.349 e. The first-order chi connectivity index (χ1) is 16.2. The third-order valence-corrected chi connectivity index (χ3v) is 6.79. The number of carbonyl (C=O) groups excluding carboxylic acids is 1. The molecule has 7 heteroatoms. The number of aromatic nitrogens is 3. The first-order valence-electron chi connectivity index (χ1n) is 11.4. The summed E-state index contributed by atoms with van der Waals surface area (Å²) >= 11 is 1.72. The van der Waals surface area contributed by atoms with E-state index in [9.17, 15) is 4.79 Å². The molecule has 0 saturated heterocycles. The number of anilines is 2. The monoisotopic (exact) mass is 457 g/mol. The molecule has 2 aromatic heterocycles. The average Bonchev–Trinajstić information content (AvgIpc) is 3.27. The van der Waals surface area contributed by atoms with E-state index in [-0.39, 0.29) is 5.91 Å². The van der Waals surface area contributed by atoms with Crippen LogP contribution in [0.5, 0.6) is 0 Å². The molecule has 0 atom stereocenters. The van der Waals surface area contributed by atoms with Crippen LogP contribution in [0.15, 0.2) is 71.6 Å². The molecule has 0 spiro atoms. The van der Waals surface area contributed by atoms with Gasteiger partial charge in [-0.2, -0.15) is 4.98 Å². The van der Waals surface area contributed by atoms with Gasteiger partial charge in [-0.05, 0) is 67.6 Å². The molecule has 2 aromatic carbocycles. The lowest BCUT2D eigenvalue weighted by atomic mass is 9.95. The number of hydrogen-bond acceptors (Lipinski definition) is 5. The lowest BCUT2D eigenvalue weighted by molar-refractivity contribution is 0.0927. The van der Waals surface area contributed by atoms with Crippen molar-refractivity contribution >= 4 is 35.0 Å². The zero-order chi connectivity index (χ0) is 22.6. The fourth-order valence-corrected chi connectivity index (χ4v) is 4.77. The highest BCUT2D eigenvalue weighted by Gasteiger charge is 2.16. The van der Waals surface area contributed by atoms with Gasteiger partial charge in [-0.3, -0.25) is 4.79 Å². The van der Waals surface area contributed by atoms with Gasteiger partial charge in [-0.25, -0.2) is 4.52 Å². The first-order valence-corrected chi connectivity index (χ1v) is 12.6. The number of amides is 1. The number of benzene rings is 2. The summed E-state index contributed by atoms with van der Waals surface area (Å²) in [5.41, 5.74) is 4.36. The van der Waals surface area contributed by atoms with Crippen molar-refractivity contribution in [3.8, 4) is 11.3 Å². The van der Waals surface area contributed by atoms with Crippen LogP contribution in [0, 0.1) is 0 Å². The molecule has 2 N–H and O–H groups in total. The first kappa shape index (κ1) is 21.5. The largest absolute Gasteiger partial charge is 0.349 e. The van der Waals surface area contributed by atoms with Crippen LogP contribution in [0.3, 0.4) is 0 Å². The molecule has 5 rings (SSSR count).